The van der Waals surface area contributed by atoms with Crippen molar-refractivity contribution in [2.24, 2.45) is 0 Å². The Kier molecular flexibility index (Phi) is 6.44. The number of anilines is 2. The molecule has 11 heteroatoms. The van der Waals surface area contributed by atoms with Gasteiger partial charge in [-0.1, -0.05) is 12.1 Å². The SMILES string of the molecule is Cc1nc2c(c(N[C@H](C)c3cccc(C(F)(F)CO)c3F)n1)CN(C1CCOCC1)C(=O)N2. The van der Waals surface area contributed by atoms with Crippen LogP contribution in [0.5, 0.6) is 0 Å². The molecule has 1 saturated heterocycles. The number of rotatable bonds is 6. The molecule has 0 bridgehead atoms. The van der Waals surface area contributed by atoms with Crippen molar-refractivity contribution in [3.63, 3.8) is 0 Å². The zero-order valence-electron chi connectivity index (χ0n) is 18.4. The van der Waals surface area contributed by atoms with E-state index >= 15 is 0 Å². The van der Waals surface area contributed by atoms with Crippen LogP contribution in [0.1, 0.15) is 48.3 Å². The van der Waals surface area contributed by atoms with Gasteiger partial charge in [0.15, 0.2) is 0 Å². The summed E-state index contributed by atoms with van der Waals surface area (Å²) < 4.78 is 48.3. The van der Waals surface area contributed by atoms with Crippen molar-refractivity contribution >= 4 is 17.7 Å². The molecule has 1 aromatic heterocycles. The fraction of sp³-hybridized carbons (Fsp3) is 0.500. The fourth-order valence-corrected chi connectivity index (χ4v) is 4.21. The van der Waals surface area contributed by atoms with Gasteiger partial charge in [-0.25, -0.2) is 19.2 Å². The van der Waals surface area contributed by atoms with Gasteiger partial charge in [0.25, 0.3) is 5.92 Å². The number of carbonyl (C=O) groups excluding carboxylic acids is 1. The highest BCUT2D eigenvalue weighted by atomic mass is 19.3. The summed E-state index contributed by atoms with van der Waals surface area (Å²) in [6.07, 6.45) is 1.43. The summed E-state index contributed by atoms with van der Waals surface area (Å²) in [5.41, 5.74) is -0.224. The quantitative estimate of drug-likeness (QED) is 0.602. The molecule has 8 nitrogen and oxygen atoms in total. The molecule has 0 unspecified atom stereocenters. The van der Waals surface area contributed by atoms with E-state index in [-0.39, 0.29) is 24.2 Å². The Morgan fingerprint density at radius 1 is 1.33 bits per heavy atom. The molecular formula is C22H26F3N5O3. The van der Waals surface area contributed by atoms with E-state index in [2.05, 4.69) is 20.6 Å². The fourth-order valence-electron chi connectivity index (χ4n) is 4.21. The largest absolute Gasteiger partial charge is 0.390 e. The van der Waals surface area contributed by atoms with Crippen molar-refractivity contribution in [3.05, 3.63) is 46.5 Å². The number of aryl methyl sites for hydroxylation is 1. The number of urea groups is 1. The van der Waals surface area contributed by atoms with Crippen molar-refractivity contribution < 1.29 is 27.8 Å². The number of nitrogens with one attached hydrogen (secondary N) is 2. The number of alkyl halides is 2. The van der Waals surface area contributed by atoms with Crippen LogP contribution >= 0.6 is 0 Å². The van der Waals surface area contributed by atoms with E-state index in [0.29, 0.717) is 49.1 Å². The topological polar surface area (TPSA) is 99.6 Å². The van der Waals surface area contributed by atoms with Gasteiger partial charge in [0, 0.05) is 24.8 Å². The van der Waals surface area contributed by atoms with Gasteiger partial charge in [-0.2, -0.15) is 8.78 Å². The Morgan fingerprint density at radius 2 is 2.06 bits per heavy atom. The maximum Gasteiger partial charge on any atom is 0.323 e. The van der Waals surface area contributed by atoms with E-state index in [1.807, 2.05) is 0 Å². The summed E-state index contributed by atoms with van der Waals surface area (Å²) >= 11 is 0. The highest BCUT2D eigenvalue weighted by Gasteiger charge is 2.36. The molecule has 3 heterocycles. The van der Waals surface area contributed by atoms with Gasteiger partial charge in [-0.15, -0.1) is 0 Å². The molecule has 33 heavy (non-hydrogen) atoms. The molecule has 1 atom stereocenters. The molecule has 2 aromatic rings. The molecule has 0 spiro atoms. The lowest BCUT2D eigenvalue weighted by Gasteiger charge is -2.37. The second kappa shape index (κ2) is 9.14. The lowest BCUT2D eigenvalue weighted by Crippen LogP contribution is -2.48. The minimum atomic E-state index is -3.70. The van der Waals surface area contributed by atoms with Gasteiger partial charge in [0.05, 0.1) is 23.7 Å². The Labute approximate surface area is 189 Å². The van der Waals surface area contributed by atoms with Crippen LogP contribution in [0, 0.1) is 12.7 Å². The van der Waals surface area contributed by atoms with Gasteiger partial charge in [0.1, 0.15) is 29.9 Å². The Bertz CT molecular complexity index is 1050. The number of nitrogens with zero attached hydrogens (tertiary/aromatic N) is 3. The van der Waals surface area contributed by atoms with Crippen LogP contribution in [-0.2, 0) is 17.2 Å². The molecule has 0 saturated carbocycles. The normalized spacial score (nSPS) is 18.0. The van der Waals surface area contributed by atoms with E-state index in [4.69, 9.17) is 9.84 Å². The van der Waals surface area contributed by atoms with E-state index in [1.54, 1.807) is 18.7 Å². The molecule has 2 aliphatic heterocycles. The molecule has 3 N–H and O–H groups in total. The summed E-state index contributed by atoms with van der Waals surface area (Å²) in [6.45, 7) is 3.20. The summed E-state index contributed by atoms with van der Waals surface area (Å²) in [5, 5.41) is 14.9. The third-order valence-corrected chi connectivity index (χ3v) is 6.01. The Morgan fingerprint density at radius 3 is 2.76 bits per heavy atom. The lowest BCUT2D eigenvalue weighted by atomic mass is 10.00. The Hall–Kier alpha value is -2.92. The third-order valence-electron chi connectivity index (χ3n) is 6.01. The van der Waals surface area contributed by atoms with Crippen LogP contribution in [0.25, 0.3) is 0 Å². The van der Waals surface area contributed by atoms with Gasteiger partial charge in [-0.05, 0) is 32.8 Å². The maximum atomic E-state index is 14.9. The summed E-state index contributed by atoms with van der Waals surface area (Å²) in [6, 6.07) is 2.71. The van der Waals surface area contributed by atoms with Crippen molar-refractivity contribution in [1.82, 2.24) is 14.9 Å². The number of aliphatic hydroxyl groups excluding tert-OH is 1. The van der Waals surface area contributed by atoms with Gasteiger partial charge in [-0.3, -0.25) is 5.32 Å². The molecular weight excluding hydrogens is 439 g/mol. The number of fused-ring (bicyclic) bond motifs is 1. The highest BCUT2D eigenvalue weighted by Crippen LogP contribution is 2.35. The summed E-state index contributed by atoms with van der Waals surface area (Å²) in [5.74, 6) is -3.64. The number of benzene rings is 1. The molecule has 2 aliphatic rings. The smallest absolute Gasteiger partial charge is 0.323 e. The number of amides is 2. The molecule has 0 aliphatic carbocycles. The molecule has 4 rings (SSSR count). The van der Waals surface area contributed by atoms with Gasteiger partial charge in [0.2, 0.25) is 0 Å². The van der Waals surface area contributed by atoms with Crippen LogP contribution in [-0.4, -0.2) is 51.9 Å². The van der Waals surface area contributed by atoms with Gasteiger partial charge >= 0.3 is 6.03 Å². The monoisotopic (exact) mass is 465 g/mol. The standard InChI is InChI=1S/C22H26F3N5O3/c1-12(15-4-3-5-17(18(15)23)22(24,25)11-31)26-19-16-10-30(14-6-8-33-9-7-14)21(32)29-20(16)28-13(2)27-19/h3-5,12,14,31H,6-11H2,1-2H3,(H2,26,27,28,29,32)/t12-/m1/s1. The van der Waals surface area contributed by atoms with Crippen LogP contribution in [0.4, 0.5) is 29.6 Å². The lowest BCUT2D eigenvalue weighted by molar-refractivity contribution is -0.0583. The molecule has 178 valence electrons. The molecule has 0 radical (unpaired) electrons. The number of ether oxygens (including phenoxy) is 1. The first-order valence-corrected chi connectivity index (χ1v) is 10.8. The van der Waals surface area contributed by atoms with E-state index < -0.39 is 30.0 Å². The number of aliphatic hydroxyl groups is 1. The average molecular weight is 465 g/mol. The van der Waals surface area contributed by atoms with Crippen molar-refractivity contribution in [2.75, 3.05) is 30.5 Å². The van der Waals surface area contributed by atoms with Crippen LogP contribution in [0.3, 0.4) is 0 Å². The number of halogens is 3. The number of carbonyl (C=O) groups is 1. The Balaban J connectivity index is 1.64. The second-order valence-electron chi connectivity index (χ2n) is 8.29. The molecule has 1 fully saturated rings. The van der Waals surface area contributed by atoms with Crippen molar-refractivity contribution in [1.29, 1.82) is 0 Å². The minimum Gasteiger partial charge on any atom is -0.390 e. The summed E-state index contributed by atoms with van der Waals surface area (Å²) in [7, 11) is 0. The van der Waals surface area contributed by atoms with E-state index in [1.165, 1.54) is 12.1 Å². The predicted molar refractivity (Wildman–Crippen MR) is 115 cm³/mol. The van der Waals surface area contributed by atoms with Crippen LogP contribution < -0.4 is 10.6 Å². The zero-order valence-corrected chi connectivity index (χ0v) is 18.4. The van der Waals surface area contributed by atoms with E-state index in [0.717, 1.165) is 6.07 Å². The molecule has 1 aromatic carbocycles. The minimum absolute atomic E-state index is 0.00627. The first-order chi connectivity index (χ1) is 15.7. The predicted octanol–water partition coefficient (Wildman–Crippen LogP) is 3.71. The molecule has 2 amide bonds. The first-order valence-electron chi connectivity index (χ1n) is 10.8. The average Bonchev–Trinajstić information content (AvgIpc) is 2.79. The highest BCUT2D eigenvalue weighted by molar-refractivity contribution is 5.92. The maximum absolute atomic E-state index is 14.9. The van der Waals surface area contributed by atoms with Crippen LogP contribution in [0.15, 0.2) is 18.2 Å². The van der Waals surface area contributed by atoms with Crippen LogP contribution in [0.2, 0.25) is 0 Å². The van der Waals surface area contributed by atoms with E-state index in [9.17, 15) is 18.0 Å². The number of hydrogen-bond donors (Lipinski definition) is 3. The zero-order chi connectivity index (χ0) is 23.8. The second-order valence-corrected chi connectivity index (χ2v) is 8.29. The third kappa shape index (κ3) is 4.60. The van der Waals surface area contributed by atoms with Crippen molar-refractivity contribution in [2.45, 2.75) is 51.2 Å². The number of aromatic nitrogens is 2. The summed E-state index contributed by atoms with van der Waals surface area (Å²) in [4.78, 5) is 23.2. The first kappa shape index (κ1) is 23.2. The van der Waals surface area contributed by atoms with Gasteiger partial charge < -0.3 is 20.1 Å². The van der Waals surface area contributed by atoms with Crippen molar-refractivity contribution in [3.8, 4) is 0 Å². The number of hydrogen-bond acceptors (Lipinski definition) is 6.